The molecule has 1 atom stereocenters. The van der Waals surface area contributed by atoms with Gasteiger partial charge in [0, 0.05) is 12.7 Å². The summed E-state index contributed by atoms with van der Waals surface area (Å²) in [6.45, 7) is 3.03. The topological polar surface area (TPSA) is 70.3 Å². The minimum absolute atomic E-state index is 0.228. The van der Waals surface area contributed by atoms with Gasteiger partial charge in [-0.05, 0) is 13.0 Å². The van der Waals surface area contributed by atoms with E-state index < -0.39 is 0 Å². The first-order chi connectivity index (χ1) is 6.77. The van der Waals surface area contributed by atoms with E-state index in [1.807, 2.05) is 6.92 Å². The largest absolute Gasteiger partial charge is 0.480 e. The second-order valence-corrected chi connectivity index (χ2v) is 2.77. The Morgan fingerprint density at radius 2 is 2.21 bits per heavy atom. The van der Waals surface area contributed by atoms with Crippen LogP contribution in [0.3, 0.4) is 0 Å². The summed E-state index contributed by atoms with van der Waals surface area (Å²) in [6.07, 6.45) is 0. The van der Waals surface area contributed by atoms with Gasteiger partial charge in [0.2, 0.25) is 5.88 Å². The van der Waals surface area contributed by atoms with Gasteiger partial charge < -0.3 is 15.2 Å². The minimum atomic E-state index is -0.228. The first-order valence-electron chi connectivity index (χ1n) is 4.48. The molecule has 5 nitrogen and oxygen atoms in total. The van der Waals surface area contributed by atoms with Crippen LogP contribution in [-0.2, 0) is 4.74 Å². The van der Waals surface area contributed by atoms with Crippen molar-refractivity contribution < 1.29 is 9.47 Å². The normalized spacial score (nSPS) is 12.5. The van der Waals surface area contributed by atoms with E-state index in [1.165, 1.54) is 0 Å². The molecule has 0 fully saturated rings. The molecular weight excluding hydrogens is 182 g/mol. The number of ether oxygens (including phenoxy) is 2. The second kappa shape index (κ2) is 5.51. The number of hydrogen-bond donors (Lipinski definition) is 1. The zero-order valence-electron chi connectivity index (χ0n) is 8.43. The fourth-order valence-corrected chi connectivity index (χ4v) is 0.967. The van der Waals surface area contributed by atoms with Crippen molar-refractivity contribution >= 4 is 0 Å². The van der Waals surface area contributed by atoms with Crippen LogP contribution in [0, 0.1) is 0 Å². The van der Waals surface area contributed by atoms with Gasteiger partial charge in [0.15, 0.2) is 0 Å². The van der Waals surface area contributed by atoms with Crippen molar-refractivity contribution in [3.8, 4) is 5.88 Å². The van der Waals surface area contributed by atoms with E-state index in [-0.39, 0.29) is 6.04 Å². The molecule has 2 N–H and O–H groups in total. The van der Waals surface area contributed by atoms with E-state index in [2.05, 4.69) is 10.2 Å². The lowest BCUT2D eigenvalue weighted by Gasteiger charge is -2.09. The highest BCUT2D eigenvalue weighted by Crippen LogP contribution is 2.09. The fourth-order valence-electron chi connectivity index (χ4n) is 0.967. The Hall–Kier alpha value is -1.20. The molecule has 0 saturated carbocycles. The van der Waals surface area contributed by atoms with Crippen molar-refractivity contribution in [2.45, 2.75) is 13.0 Å². The van der Waals surface area contributed by atoms with Crippen LogP contribution in [0.15, 0.2) is 12.1 Å². The zero-order valence-corrected chi connectivity index (χ0v) is 8.43. The molecule has 0 aliphatic rings. The third-order valence-corrected chi connectivity index (χ3v) is 1.75. The Morgan fingerprint density at radius 1 is 1.43 bits per heavy atom. The summed E-state index contributed by atoms with van der Waals surface area (Å²) in [6, 6.07) is 3.29. The minimum Gasteiger partial charge on any atom is -0.480 e. The van der Waals surface area contributed by atoms with Gasteiger partial charge in [-0.1, -0.05) is 0 Å². The lowest BCUT2D eigenvalue weighted by molar-refractivity contribution is 0.132. The van der Waals surface area contributed by atoms with Crippen molar-refractivity contribution in [3.05, 3.63) is 17.8 Å². The molecule has 0 radical (unpaired) electrons. The van der Waals surface area contributed by atoms with Crippen molar-refractivity contribution in [2.24, 2.45) is 5.73 Å². The van der Waals surface area contributed by atoms with Crippen LogP contribution in [0.25, 0.3) is 0 Å². The number of methoxy groups -OCH3 is 1. The van der Waals surface area contributed by atoms with Crippen LogP contribution in [0.5, 0.6) is 5.88 Å². The molecule has 0 aliphatic heterocycles. The Labute approximate surface area is 83.2 Å². The van der Waals surface area contributed by atoms with Gasteiger partial charge in [0.25, 0.3) is 0 Å². The monoisotopic (exact) mass is 197 g/mol. The maximum atomic E-state index is 5.80. The van der Waals surface area contributed by atoms with Gasteiger partial charge in [-0.25, -0.2) is 0 Å². The van der Waals surface area contributed by atoms with E-state index in [9.17, 15) is 0 Å². The van der Waals surface area contributed by atoms with Crippen LogP contribution in [0.4, 0.5) is 0 Å². The molecular formula is C9H15N3O2. The highest BCUT2D eigenvalue weighted by molar-refractivity contribution is 5.13. The van der Waals surface area contributed by atoms with Crippen LogP contribution in [0.2, 0.25) is 0 Å². The van der Waals surface area contributed by atoms with E-state index in [4.69, 9.17) is 15.2 Å². The summed E-state index contributed by atoms with van der Waals surface area (Å²) in [7, 11) is 1.55. The zero-order chi connectivity index (χ0) is 10.4. The van der Waals surface area contributed by atoms with Gasteiger partial charge in [0.1, 0.15) is 0 Å². The molecule has 1 aromatic heterocycles. The smallest absolute Gasteiger partial charge is 0.233 e. The lowest BCUT2D eigenvalue weighted by Crippen LogP contribution is -2.18. The van der Waals surface area contributed by atoms with Gasteiger partial charge in [-0.3, -0.25) is 0 Å². The van der Waals surface area contributed by atoms with Crippen LogP contribution >= 0.6 is 0 Å². The molecule has 0 spiro atoms. The average Bonchev–Trinajstić information content (AvgIpc) is 2.26. The van der Waals surface area contributed by atoms with Gasteiger partial charge >= 0.3 is 0 Å². The number of aromatic nitrogens is 2. The molecule has 78 valence electrons. The molecule has 1 aromatic rings. The van der Waals surface area contributed by atoms with Gasteiger partial charge in [-0.2, -0.15) is 5.10 Å². The molecule has 1 unspecified atom stereocenters. The molecule has 0 saturated heterocycles. The molecule has 1 heterocycles. The Morgan fingerprint density at radius 3 is 2.71 bits per heavy atom. The number of nitrogens with two attached hydrogens (primary N) is 1. The third kappa shape index (κ3) is 2.93. The van der Waals surface area contributed by atoms with Crippen molar-refractivity contribution in [3.63, 3.8) is 0 Å². The molecule has 14 heavy (non-hydrogen) atoms. The predicted octanol–water partition coefficient (Wildman–Crippen LogP) is 0.522. The summed E-state index contributed by atoms with van der Waals surface area (Å²) in [5.41, 5.74) is 6.51. The maximum absolute atomic E-state index is 5.80. The summed E-state index contributed by atoms with van der Waals surface area (Å²) in [5.74, 6) is 0.484. The van der Waals surface area contributed by atoms with Crippen molar-refractivity contribution in [1.29, 1.82) is 0 Å². The fraction of sp³-hybridized carbons (Fsp3) is 0.556. The molecule has 0 bridgehead atoms. The first-order valence-corrected chi connectivity index (χ1v) is 4.48. The highest BCUT2D eigenvalue weighted by Gasteiger charge is 2.07. The molecule has 0 aliphatic carbocycles. The third-order valence-electron chi connectivity index (χ3n) is 1.75. The molecule has 5 heteroatoms. The predicted molar refractivity (Wildman–Crippen MR) is 52.0 cm³/mol. The Kier molecular flexibility index (Phi) is 4.28. The van der Waals surface area contributed by atoms with E-state index >= 15 is 0 Å². The number of hydrogen-bond acceptors (Lipinski definition) is 5. The quantitative estimate of drug-likeness (QED) is 0.745. The highest BCUT2D eigenvalue weighted by atomic mass is 16.5. The number of rotatable bonds is 5. The van der Waals surface area contributed by atoms with Gasteiger partial charge in [-0.15, -0.1) is 5.10 Å². The molecule has 1 rings (SSSR count). The average molecular weight is 197 g/mol. The Bertz CT molecular complexity index is 263. The molecule has 0 aromatic carbocycles. The summed E-state index contributed by atoms with van der Waals surface area (Å²) in [5, 5.41) is 7.74. The van der Waals surface area contributed by atoms with Crippen LogP contribution in [-0.4, -0.2) is 30.5 Å². The van der Waals surface area contributed by atoms with E-state index in [0.29, 0.717) is 24.8 Å². The van der Waals surface area contributed by atoms with E-state index in [0.717, 1.165) is 0 Å². The summed E-state index contributed by atoms with van der Waals surface area (Å²) < 4.78 is 10.1. The van der Waals surface area contributed by atoms with E-state index in [1.54, 1.807) is 19.2 Å². The maximum Gasteiger partial charge on any atom is 0.233 e. The second-order valence-electron chi connectivity index (χ2n) is 2.77. The summed E-state index contributed by atoms with van der Waals surface area (Å²) >= 11 is 0. The van der Waals surface area contributed by atoms with Crippen molar-refractivity contribution in [2.75, 3.05) is 20.3 Å². The lowest BCUT2D eigenvalue weighted by atomic mass is 10.2. The van der Waals surface area contributed by atoms with Crippen LogP contribution < -0.4 is 10.5 Å². The number of nitrogens with zero attached hydrogens (tertiary/aromatic N) is 2. The Balaban J connectivity index is 2.57. The van der Waals surface area contributed by atoms with Crippen LogP contribution in [0.1, 0.15) is 18.7 Å². The standard InChI is InChI=1S/C9H15N3O2/c1-3-14-6-7(10)8-4-5-9(13-2)12-11-8/h4-5,7H,3,6,10H2,1-2H3. The van der Waals surface area contributed by atoms with Crippen molar-refractivity contribution in [1.82, 2.24) is 10.2 Å². The first kappa shape index (κ1) is 10.9. The molecule has 0 amide bonds. The van der Waals surface area contributed by atoms with Gasteiger partial charge in [0.05, 0.1) is 25.5 Å². The SMILES string of the molecule is CCOCC(N)c1ccc(OC)nn1. The summed E-state index contributed by atoms with van der Waals surface area (Å²) in [4.78, 5) is 0.